The van der Waals surface area contributed by atoms with Crippen LogP contribution in [0.25, 0.3) is 5.78 Å². The number of nitrogens with zero attached hydrogens (tertiary/aromatic N) is 3. The van der Waals surface area contributed by atoms with Crippen LogP contribution in [-0.2, 0) is 16.3 Å². The standard InChI is InChI=1S/C23H17F4N3O3S2/c24-17-9-18(34-14-23(25,26)27)11-20(10-17)35(32,33)19-4-1-15(2-5-19)3-6-21(31)16-12-29-22-28-7-8-30(22)13-16/h1-2,4-5,7-13H,3,6,14H2. The van der Waals surface area contributed by atoms with Gasteiger partial charge in [0.1, 0.15) is 5.82 Å². The molecule has 0 aliphatic rings. The summed E-state index contributed by atoms with van der Waals surface area (Å²) in [5.74, 6) is -1.89. The van der Waals surface area contributed by atoms with E-state index in [2.05, 4.69) is 9.97 Å². The van der Waals surface area contributed by atoms with Gasteiger partial charge >= 0.3 is 6.18 Å². The van der Waals surface area contributed by atoms with Gasteiger partial charge in [0.25, 0.3) is 0 Å². The van der Waals surface area contributed by atoms with Crippen LogP contribution in [0.4, 0.5) is 17.6 Å². The van der Waals surface area contributed by atoms with Crippen LogP contribution < -0.4 is 0 Å². The maximum absolute atomic E-state index is 13.9. The normalized spacial score (nSPS) is 12.2. The third-order valence-electron chi connectivity index (χ3n) is 5.00. The number of carbonyl (C=O) groups excluding carboxylic acids is 1. The van der Waals surface area contributed by atoms with Gasteiger partial charge in [0.05, 0.1) is 21.1 Å². The molecule has 0 spiro atoms. The SMILES string of the molecule is O=C(CCc1ccc(S(=O)(=O)c2cc(F)cc(SCC(F)(F)F)c2)cc1)c1cnc2nccn2c1. The van der Waals surface area contributed by atoms with Crippen LogP contribution in [0.2, 0.25) is 0 Å². The molecule has 0 saturated heterocycles. The largest absolute Gasteiger partial charge is 0.398 e. The number of Topliss-reactive ketones (excluding diaryl/α,β-unsaturated/α-hetero) is 1. The fraction of sp³-hybridized carbons (Fsp3) is 0.174. The minimum absolute atomic E-state index is 0.139. The van der Waals surface area contributed by atoms with Crippen LogP contribution in [0.5, 0.6) is 0 Å². The molecular formula is C23H17F4N3O3S2. The first-order valence-electron chi connectivity index (χ1n) is 10.2. The molecule has 0 radical (unpaired) electrons. The van der Waals surface area contributed by atoms with Crippen molar-refractivity contribution in [3.63, 3.8) is 0 Å². The molecule has 2 heterocycles. The fourth-order valence-electron chi connectivity index (χ4n) is 3.27. The van der Waals surface area contributed by atoms with Crippen LogP contribution in [0.15, 0.2) is 81.9 Å². The number of benzene rings is 2. The second kappa shape index (κ2) is 9.78. The molecule has 4 aromatic rings. The third kappa shape index (κ3) is 6.06. The van der Waals surface area contributed by atoms with Gasteiger partial charge in [0.2, 0.25) is 15.6 Å². The van der Waals surface area contributed by atoms with Gasteiger partial charge in [-0.3, -0.25) is 9.20 Å². The molecule has 0 aliphatic heterocycles. The van der Waals surface area contributed by atoms with E-state index in [4.69, 9.17) is 0 Å². The summed E-state index contributed by atoms with van der Waals surface area (Å²) in [7, 11) is -4.16. The zero-order valence-electron chi connectivity index (χ0n) is 17.9. The van der Waals surface area contributed by atoms with Crippen molar-refractivity contribution in [3.8, 4) is 0 Å². The monoisotopic (exact) mass is 523 g/mol. The van der Waals surface area contributed by atoms with Crippen molar-refractivity contribution in [2.45, 2.75) is 33.7 Å². The molecule has 35 heavy (non-hydrogen) atoms. The number of aromatic nitrogens is 3. The number of ketones is 1. The van der Waals surface area contributed by atoms with E-state index >= 15 is 0 Å². The van der Waals surface area contributed by atoms with Crippen LogP contribution in [0, 0.1) is 5.82 Å². The van der Waals surface area contributed by atoms with Crippen molar-refractivity contribution in [1.82, 2.24) is 14.4 Å². The highest BCUT2D eigenvalue weighted by Crippen LogP contribution is 2.31. The van der Waals surface area contributed by atoms with Gasteiger partial charge in [-0.15, -0.1) is 11.8 Å². The molecule has 0 N–H and O–H groups in total. The van der Waals surface area contributed by atoms with E-state index in [9.17, 15) is 30.8 Å². The average molecular weight is 524 g/mol. The molecule has 0 amide bonds. The van der Waals surface area contributed by atoms with E-state index in [0.29, 0.717) is 35.1 Å². The Bertz CT molecular complexity index is 1480. The molecule has 0 saturated carbocycles. The summed E-state index contributed by atoms with van der Waals surface area (Å²) < 4.78 is 78.8. The van der Waals surface area contributed by atoms with Crippen molar-refractivity contribution in [2.24, 2.45) is 0 Å². The Morgan fingerprint density at radius 2 is 1.77 bits per heavy atom. The predicted octanol–water partition coefficient (Wildman–Crippen LogP) is 5.17. The fourth-order valence-corrected chi connectivity index (χ4v) is 5.40. The maximum Gasteiger partial charge on any atom is 0.398 e. The van der Waals surface area contributed by atoms with Crippen LogP contribution in [0.1, 0.15) is 22.3 Å². The van der Waals surface area contributed by atoms with E-state index in [1.807, 2.05) is 0 Å². The average Bonchev–Trinajstić information content (AvgIpc) is 3.29. The van der Waals surface area contributed by atoms with Crippen molar-refractivity contribution in [3.05, 3.63) is 84.2 Å². The number of thioether (sulfide) groups is 1. The van der Waals surface area contributed by atoms with Gasteiger partial charge in [-0.2, -0.15) is 13.2 Å². The Balaban J connectivity index is 1.45. The van der Waals surface area contributed by atoms with Gasteiger partial charge in [-0.25, -0.2) is 22.8 Å². The summed E-state index contributed by atoms with van der Waals surface area (Å²) in [6.07, 6.45) is 2.36. The third-order valence-corrected chi connectivity index (χ3v) is 7.79. The molecule has 0 unspecified atom stereocenters. The van der Waals surface area contributed by atoms with E-state index in [1.54, 1.807) is 23.0 Å². The highest BCUT2D eigenvalue weighted by Gasteiger charge is 2.28. The second-order valence-corrected chi connectivity index (χ2v) is 10.6. The summed E-state index contributed by atoms with van der Waals surface area (Å²) in [4.78, 5) is 19.9. The molecular weight excluding hydrogens is 506 g/mol. The summed E-state index contributed by atoms with van der Waals surface area (Å²) in [6, 6.07) is 8.36. The lowest BCUT2D eigenvalue weighted by Crippen LogP contribution is -2.10. The van der Waals surface area contributed by atoms with E-state index in [1.165, 1.54) is 30.5 Å². The summed E-state index contributed by atoms with van der Waals surface area (Å²) in [5, 5.41) is 0. The molecule has 4 rings (SSSR count). The molecule has 12 heteroatoms. The maximum atomic E-state index is 13.9. The number of rotatable bonds is 8. The van der Waals surface area contributed by atoms with Crippen molar-refractivity contribution < 1.29 is 30.8 Å². The van der Waals surface area contributed by atoms with Gasteiger partial charge in [0, 0.05) is 36.1 Å². The number of hydrogen-bond donors (Lipinski definition) is 0. The Labute approximate surface area is 201 Å². The first kappa shape index (κ1) is 24.9. The van der Waals surface area contributed by atoms with Crippen LogP contribution in [0.3, 0.4) is 0 Å². The van der Waals surface area contributed by atoms with Crippen molar-refractivity contribution in [2.75, 3.05) is 5.75 Å². The Morgan fingerprint density at radius 1 is 1.03 bits per heavy atom. The second-order valence-electron chi connectivity index (χ2n) is 7.57. The van der Waals surface area contributed by atoms with Gasteiger partial charge in [-0.05, 0) is 42.3 Å². The molecule has 182 valence electrons. The quantitative estimate of drug-likeness (QED) is 0.180. The number of carbonyl (C=O) groups is 1. The first-order chi connectivity index (χ1) is 16.5. The van der Waals surface area contributed by atoms with Gasteiger partial charge in [0.15, 0.2) is 5.78 Å². The zero-order chi connectivity index (χ0) is 25.2. The molecule has 0 fully saturated rings. The first-order valence-corrected chi connectivity index (χ1v) is 12.6. The van der Waals surface area contributed by atoms with Crippen LogP contribution >= 0.6 is 11.8 Å². The van der Waals surface area contributed by atoms with Crippen molar-refractivity contribution in [1.29, 1.82) is 0 Å². The minimum atomic E-state index is -4.48. The molecule has 0 atom stereocenters. The summed E-state index contributed by atoms with van der Waals surface area (Å²) in [6.45, 7) is 0. The van der Waals surface area contributed by atoms with Gasteiger partial charge in [-0.1, -0.05) is 12.1 Å². The lowest BCUT2D eigenvalue weighted by Gasteiger charge is -2.10. The molecule has 2 aromatic heterocycles. The minimum Gasteiger partial charge on any atom is -0.294 e. The number of aryl methyl sites for hydroxylation is 1. The molecule has 0 bridgehead atoms. The Morgan fingerprint density at radius 3 is 2.49 bits per heavy atom. The summed E-state index contributed by atoms with van der Waals surface area (Å²) in [5.41, 5.74) is 1.12. The zero-order valence-corrected chi connectivity index (χ0v) is 19.5. The number of alkyl halides is 3. The smallest absolute Gasteiger partial charge is 0.294 e. The molecule has 0 aliphatic carbocycles. The number of halogens is 4. The number of imidazole rings is 1. The van der Waals surface area contributed by atoms with Crippen molar-refractivity contribution >= 4 is 33.2 Å². The Hall–Kier alpha value is -3.25. The predicted molar refractivity (Wildman–Crippen MR) is 121 cm³/mol. The highest BCUT2D eigenvalue weighted by atomic mass is 32.2. The molecule has 2 aromatic carbocycles. The highest BCUT2D eigenvalue weighted by molar-refractivity contribution is 7.99. The number of fused-ring (bicyclic) bond motifs is 1. The summed E-state index contributed by atoms with van der Waals surface area (Å²) >= 11 is 0.307. The van der Waals surface area contributed by atoms with Gasteiger partial charge < -0.3 is 0 Å². The molecule has 6 nitrogen and oxygen atoms in total. The Kier molecular flexibility index (Phi) is 6.95. The van der Waals surface area contributed by atoms with Crippen LogP contribution in [-0.4, -0.2) is 40.5 Å². The van der Waals surface area contributed by atoms with E-state index < -0.39 is 32.5 Å². The van der Waals surface area contributed by atoms with E-state index in [0.717, 1.165) is 18.2 Å². The number of hydrogen-bond acceptors (Lipinski definition) is 6. The van der Waals surface area contributed by atoms with E-state index in [-0.39, 0.29) is 22.0 Å². The lowest BCUT2D eigenvalue weighted by atomic mass is 10.0. The number of sulfone groups is 1. The lowest BCUT2D eigenvalue weighted by molar-refractivity contribution is -0.105. The topological polar surface area (TPSA) is 81.4 Å².